The summed E-state index contributed by atoms with van der Waals surface area (Å²) in [7, 11) is 0. The highest BCUT2D eigenvalue weighted by atomic mass is 16.5. The van der Waals surface area contributed by atoms with Gasteiger partial charge in [-0.1, -0.05) is 13.3 Å². The third kappa shape index (κ3) is 2.13. The first-order valence-corrected chi connectivity index (χ1v) is 7.26. The number of nitrogens with two attached hydrogens (primary N) is 1. The molecule has 0 bridgehead atoms. The average molecular weight is 238 g/mol. The molecule has 0 radical (unpaired) electrons. The SMILES string of the molecule is CC1(CN2CCCC3CCCC32)COCC1N. The highest BCUT2D eigenvalue weighted by Gasteiger charge is 2.43. The first-order valence-electron chi connectivity index (χ1n) is 7.26. The Kier molecular flexibility index (Phi) is 3.18. The predicted molar refractivity (Wildman–Crippen MR) is 68.8 cm³/mol. The van der Waals surface area contributed by atoms with Crippen molar-refractivity contribution in [3.8, 4) is 0 Å². The van der Waals surface area contributed by atoms with Crippen molar-refractivity contribution in [2.45, 2.75) is 51.1 Å². The summed E-state index contributed by atoms with van der Waals surface area (Å²) in [6, 6.07) is 1.08. The van der Waals surface area contributed by atoms with E-state index in [1.165, 1.54) is 38.6 Å². The van der Waals surface area contributed by atoms with E-state index in [4.69, 9.17) is 10.5 Å². The van der Waals surface area contributed by atoms with Crippen molar-refractivity contribution in [2.24, 2.45) is 17.1 Å². The van der Waals surface area contributed by atoms with Crippen LogP contribution in [0.25, 0.3) is 0 Å². The van der Waals surface area contributed by atoms with Crippen molar-refractivity contribution in [3.63, 3.8) is 0 Å². The normalized spacial score (nSPS) is 47.3. The van der Waals surface area contributed by atoms with Crippen LogP contribution in [0.1, 0.15) is 39.0 Å². The van der Waals surface area contributed by atoms with Crippen LogP contribution in [-0.4, -0.2) is 43.3 Å². The van der Waals surface area contributed by atoms with Crippen LogP contribution < -0.4 is 5.73 Å². The molecule has 3 rings (SSSR count). The molecule has 0 aromatic carbocycles. The van der Waals surface area contributed by atoms with Gasteiger partial charge >= 0.3 is 0 Å². The quantitative estimate of drug-likeness (QED) is 0.794. The fourth-order valence-electron chi connectivity index (χ4n) is 4.11. The van der Waals surface area contributed by atoms with Gasteiger partial charge in [0.1, 0.15) is 0 Å². The fraction of sp³-hybridized carbons (Fsp3) is 1.00. The van der Waals surface area contributed by atoms with Crippen LogP contribution in [0.4, 0.5) is 0 Å². The second-order valence-corrected chi connectivity index (χ2v) is 6.65. The van der Waals surface area contributed by atoms with Gasteiger partial charge in [-0.3, -0.25) is 4.90 Å². The molecule has 3 nitrogen and oxygen atoms in total. The molecule has 17 heavy (non-hydrogen) atoms. The third-order valence-electron chi connectivity index (χ3n) is 5.30. The number of likely N-dealkylation sites (tertiary alicyclic amines) is 1. The number of rotatable bonds is 2. The summed E-state index contributed by atoms with van der Waals surface area (Å²) in [4.78, 5) is 2.73. The molecule has 1 aliphatic carbocycles. The number of fused-ring (bicyclic) bond motifs is 1. The van der Waals surface area contributed by atoms with Crippen LogP contribution in [0.15, 0.2) is 0 Å². The monoisotopic (exact) mass is 238 g/mol. The lowest BCUT2D eigenvalue weighted by molar-refractivity contribution is 0.0539. The van der Waals surface area contributed by atoms with Crippen LogP contribution >= 0.6 is 0 Å². The Bertz CT molecular complexity index is 283. The van der Waals surface area contributed by atoms with Crippen molar-refractivity contribution in [3.05, 3.63) is 0 Å². The highest BCUT2D eigenvalue weighted by molar-refractivity contribution is 4.97. The number of hydrogen-bond donors (Lipinski definition) is 1. The number of nitrogens with zero attached hydrogens (tertiary/aromatic N) is 1. The van der Waals surface area contributed by atoms with Gasteiger partial charge in [-0.2, -0.15) is 0 Å². The fourth-order valence-corrected chi connectivity index (χ4v) is 4.11. The van der Waals surface area contributed by atoms with Gasteiger partial charge < -0.3 is 10.5 Å². The van der Waals surface area contributed by atoms with Gasteiger partial charge in [0.25, 0.3) is 0 Å². The van der Waals surface area contributed by atoms with Gasteiger partial charge in [-0.25, -0.2) is 0 Å². The zero-order valence-corrected chi connectivity index (χ0v) is 11.0. The predicted octanol–water partition coefficient (Wildman–Crippen LogP) is 1.61. The number of ether oxygens (including phenoxy) is 1. The lowest BCUT2D eigenvalue weighted by atomic mass is 9.83. The van der Waals surface area contributed by atoms with Crippen LogP contribution in [0.3, 0.4) is 0 Å². The van der Waals surface area contributed by atoms with Crippen LogP contribution in [-0.2, 0) is 4.74 Å². The zero-order valence-electron chi connectivity index (χ0n) is 11.0. The molecule has 0 aromatic heterocycles. The summed E-state index contributed by atoms with van der Waals surface area (Å²) in [6.45, 7) is 6.34. The summed E-state index contributed by atoms with van der Waals surface area (Å²) in [5.41, 5.74) is 6.40. The van der Waals surface area contributed by atoms with Crippen molar-refractivity contribution >= 4 is 0 Å². The van der Waals surface area contributed by atoms with Gasteiger partial charge in [-0.15, -0.1) is 0 Å². The smallest absolute Gasteiger partial charge is 0.0624 e. The van der Waals surface area contributed by atoms with Crippen molar-refractivity contribution < 1.29 is 4.74 Å². The first-order chi connectivity index (χ1) is 8.19. The Morgan fingerprint density at radius 1 is 1.29 bits per heavy atom. The van der Waals surface area contributed by atoms with Gasteiger partial charge in [0.05, 0.1) is 13.2 Å². The van der Waals surface area contributed by atoms with Crippen LogP contribution in [0.5, 0.6) is 0 Å². The molecular formula is C14H26N2O. The van der Waals surface area contributed by atoms with Crippen LogP contribution in [0.2, 0.25) is 0 Å². The van der Waals surface area contributed by atoms with E-state index >= 15 is 0 Å². The van der Waals surface area contributed by atoms with E-state index in [9.17, 15) is 0 Å². The molecule has 0 aromatic rings. The minimum atomic E-state index is 0.185. The van der Waals surface area contributed by atoms with E-state index in [0.29, 0.717) is 0 Å². The Hall–Kier alpha value is -0.120. The van der Waals surface area contributed by atoms with Gasteiger partial charge in [0.2, 0.25) is 0 Å². The highest BCUT2D eigenvalue weighted by Crippen LogP contribution is 2.39. The molecular weight excluding hydrogens is 212 g/mol. The molecule has 0 spiro atoms. The molecule has 2 aliphatic heterocycles. The Balaban J connectivity index is 1.67. The molecule has 2 N–H and O–H groups in total. The second kappa shape index (κ2) is 4.52. The van der Waals surface area contributed by atoms with Crippen molar-refractivity contribution in [1.29, 1.82) is 0 Å². The van der Waals surface area contributed by atoms with Gasteiger partial charge in [-0.05, 0) is 38.1 Å². The third-order valence-corrected chi connectivity index (χ3v) is 5.30. The molecule has 98 valence electrons. The molecule has 3 heteroatoms. The molecule has 4 atom stereocenters. The van der Waals surface area contributed by atoms with Gasteiger partial charge in [0, 0.05) is 24.0 Å². The maximum atomic E-state index is 6.22. The topological polar surface area (TPSA) is 38.5 Å². The molecule has 3 aliphatic rings. The summed E-state index contributed by atoms with van der Waals surface area (Å²) in [5, 5.41) is 0. The summed E-state index contributed by atoms with van der Waals surface area (Å²) < 4.78 is 5.57. The van der Waals surface area contributed by atoms with E-state index in [0.717, 1.165) is 31.7 Å². The summed E-state index contributed by atoms with van der Waals surface area (Å²) in [5.74, 6) is 0.978. The van der Waals surface area contributed by atoms with Crippen molar-refractivity contribution in [1.82, 2.24) is 4.90 Å². The first kappa shape index (κ1) is 11.9. The summed E-state index contributed by atoms with van der Waals surface area (Å²) >= 11 is 0. The number of hydrogen-bond acceptors (Lipinski definition) is 3. The lowest BCUT2D eigenvalue weighted by Gasteiger charge is -2.42. The molecule has 3 fully saturated rings. The van der Waals surface area contributed by atoms with Gasteiger partial charge in [0.15, 0.2) is 0 Å². The standard InChI is InChI=1S/C14H26N2O/c1-14(10-17-8-13(14)15)9-16-7-3-5-11-4-2-6-12(11)16/h11-13H,2-10,15H2,1H3. The molecule has 2 saturated heterocycles. The Labute approximate surface area is 105 Å². The maximum Gasteiger partial charge on any atom is 0.0624 e. The van der Waals surface area contributed by atoms with E-state index in [1.54, 1.807) is 0 Å². The maximum absolute atomic E-state index is 6.22. The van der Waals surface area contributed by atoms with Crippen LogP contribution in [0, 0.1) is 11.3 Å². The lowest BCUT2D eigenvalue weighted by Crippen LogP contribution is -2.52. The average Bonchev–Trinajstić information content (AvgIpc) is 2.88. The minimum Gasteiger partial charge on any atom is -0.379 e. The molecule has 4 unspecified atom stereocenters. The minimum absolute atomic E-state index is 0.185. The van der Waals surface area contributed by atoms with E-state index in [-0.39, 0.29) is 11.5 Å². The number of piperidine rings is 1. The molecule has 2 heterocycles. The second-order valence-electron chi connectivity index (χ2n) is 6.65. The van der Waals surface area contributed by atoms with Crippen molar-refractivity contribution in [2.75, 3.05) is 26.3 Å². The largest absolute Gasteiger partial charge is 0.379 e. The Morgan fingerprint density at radius 3 is 2.88 bits per heavy atom. The molecule has 1 saturated carbocycles. The van der Waals surface area contributed by atoms with E-state index in [2.05, 4.69) is 11.8 Å². The van der Waals surface area contributed by atoms with E-state index in [1.807, 2.05) is 0 Å². The molecule has 0 amide bonds. The summed E-state index contributed by atoms with van der Waals surface area (Å²) in [6.07, 6.45) is 7.15. The van der Waals surface area contributed by atoms with E-state index < -0.39 is 0 Å². The zero-order chi connectivity index (χ0) is 11.9. The Morgan fingerprint density at radius 2 is 2.12 bits per heavy atom.